The summed E-state index contributed by atoms with van der Waals surface area (Å²) in [6.07, 6.45) is 1.01. The van der Waals surface area contributed by atoms with E-state index in [4.69, 9.17) is 4.74 Å². The lowest BCUT2D eigenvalue weighted by molar-refractivity contribution is 0.0896. The quantitative estimate of drug-likeness (QED) is 0.692. The van der Waals surface area contributed by atoms with E-state index in [0.717, 1.165) is 24.9 Å². The fourth-order valence-electron chi connectivity index (χ4n) is 2.96. The third-order valence-corrected chi connectivity index (χ3v) is 5.04. The number of carbonyl (C=O) groups is 1. The Morgan fingerprint density at radius 1 is 1.31 bits per heavy atom. The van der Waals surface area contributed by atoms with Crippen molar-refractivity contribution in [3.8, 4) is 0 Å². The van der Waals surface area contributed by atoms with Crippen molar-refractivity contribution in [3.63, 3.8) is 0 Å². The van der Waals surface area contributed by atoms with Gasteiger partial charge in [0.2, 0.25) is 10.0 Å². The van der Waals surface area contributed by atoms with Gasteiger partial charge in [0.05, 0.1) is 24.1 Å². The van der Waals surface area contributed by atoms with Crippen molar-refractivity contribution in [1.82, 2.24) is 10.2 Å². The molecule has 1 aromatic rings. The maximum absolute atomic E-state index is 12.4. The molecular formula is C17H28N4O4S. The van der Waals surface area contributed by atoms with Crippen LogP contribution < -0.4 is 15.4 Å². The van der Waals surface area contributed by atoms with Gasteiger partial charge >= 0.3 is 6.03 Å². The van der Waals surface area contributed by atoms with Gasteiger partial charge in [-0.2, -0.15) is 0 Å². The van der Waals surface area contributed by atoms with Crippen LogP contribution in [-0.4, -0.2) is 64.0 Å². The highest BCUT2D eigenvalue weighted by Crippen LogP contribution is 2.21. The summed E-state index contributed by atoms with van der Waals surface area (Å²) >= 11 is 0. The van der Waals surface area contributed by atoms with Crippen molar-refractivity contribution in [2.24, 2.45) is 0 Å². The number of hydrogen-bond acceptors (Lipinski definition) is 5. The minimum absolute atomic E-state index is 0.0671. The van der Waals surface area contributed by atoms with Gasteiger partial charge in [0.25, 0.3) is 0 Å². The van der Waals surface area contributed by atoms with Gasteiger partial charge in [-0.1, -0.05) is 6.07 Å². The molecule has 8 nitrogen and oxygen atoms in total. The Kier molecular flexibility index (Phi) is 6.48. The molecule has 0 bridgehead atoms. The van der Waals surface area contributed by atoms with Crippen LogP contribution in [0.25, 0.3) is 0 Å². The van der Waals surface area contributed by atoms with E-state index in [0.29, 0.717) is 17.4 Å². The zero-order valence-corrected chi connectivity index (χ0v) is 16.7. The predicted molar refractivity (Wildman–Crippen MR) is 103 cm³/mol. The number of urea groups is 1. The van der Waals surface area contributed by atoms with Crippen molar-refractivity contribution >= 4 is 27.4 Å². The van der Waals surface area contributed by atoms with E-state index in [-0.39, 0.29) is 18.2 Å². The summed E-state index contributed by atoms with van der Waals surface area (Å²) in [5, 5.41) is 5.75. The van der Waals surface area contributed by atoms with Crippen molar-refractivity contribution < 1.29 is 17.9 Å². The number of amides is 2. The standard InChI is InChI=1S/C17H28N4O4S/c1-11(2)21-9-15(16(10-21)25-4)19-17(22)18-14-8-13(7-6-12(14)3)20-26(5,23)24/h6-8,11,15-16,20H,9-10H2,1-5H3,(H2,18,19,22). The highest BCUT2D eigenvalue weighted by molar-refractivity contribution is 7.92. The number of sulfonamides is 1. The first-order chi connectivity index (χ1) is 12.1. The van der Waals surface area contributed by atoms with Crippen LogP contribution in [0.1, 0.15) is 19.4 Å². The topological polar surface area (TPSA) is 99.8 Å². The van der Waals surface area contributed by atoms with Gasteiger partial charge in [-0.05, 0) is 38.5 Å². The van der Waals surface area contributed by atoms with Crippen molar-refractivity contribution in [2.45, 2.75) is 39.0 Å². The number of rotatable bonds is 6. The molecule has 1 aromatic carbocycles. The normalized spacial score (nSPS) is 21.0. The molecular weight excluding hydrogens is 356 g/mol. The highest BCUT2D eigenvalue weighted by Gasteiger charge is 2.35. The average molecular weight is 385 g/mol. The minimum atomic E-state index is -3.38. The second-order valence-corrected chi connectivity index (χ2v) is 8.68. The molecule has 1 aliphatic rings. The summed E-state index contributed by atoms with van der Waals surface area (Å²) in [7, 11) is -1.73. The summed E-state index contributed by atoms with van der Waals surface area (Å²) in [5.41, 5.74) is 1.77. The van der Waals surface area contributed by atoms with E-state index in [1.54, 1.807) is 25.3 Å². The lowest BCUT2D eigenvalue weighted by Crippen LogP contribution is -2.45. The molecule has 3 N–H and O–H groups in total. The van der Waals surface area contributed by atoms with E-state index < -0.39 is 10.0 Å². The first kappa shape index (κ1) is 20.5. The summed E-state index contributed by atoms with van der Waals surface area (Å²) in [6.45, 7) is 7.55. The number of likely N-dealkylation sites (tertiary alicyclic amines) is 1. The van der Waals surface area contributed by atoms with Crippen LogP contribution in [0.3, 0.4) is 0 Å². The molecule has 2 amide bonds. The number of aryl methyl sites for hydroxylation is 1. The molecule has 26 heavy (non-hydrogen) atoms. The Balaban J connectivity index is 2.04. The molecule has 0 spiro atoms. The summed E-state index contributed by atoms with van der Waals surface area (Å²) < 4.78 is 30.6. The van der Waals surface area contributed by atoms with E-state index in [1.807, 2.05) is 6.92 Å². The molecule has 9 heteroatoms. The Bertz CT molecular complexity index is 751. The minimum Gasteiger partial charge on any atom is -0.378 e. The molecule has 2 unspecified atom stereocenters. The predicted octanol–water partition coefficient (Wildman–Crippen LogP) is 1.60. The number of nitrogens with zero attached hydrogens (tertiary/aromatic N) is 1. The van der Waals surface area contributed by atoms with E-state index in [1.165, 1.54) is 0 Å². The monoisotopic (exact) mass is 384 g/mol. The molecule has 0 radical (unpaired) electrons. The largest absolute Gasteiger partial charge is 0.378 e. The molecule has 0 aromatic heterocycles. The van der Waals surface area contributed by atoms with Gasteiger partial charge in [-0.3, -0.25) is 9.62 Å². The van der Waals surface area contributed by atoms with Crippen LogP contribution >= 0.6 is 0 Å². The van der Waals surface area contributed by atoms with Crippen LogP contribution in [0.5, 0.6) is 0 Å². The summed E-state index contributed by atoms with van der Waals surface area (Å²) in [5.74, 6) is 0. The fourth-order valence-corrected chi connectivity index (χ4v) is 3.52. The maximum atomic E-state index is 12.4. The van der Waals surface area contributed by atoms with Gasteiger partial charge in [0.15, 0.2) is 0 Å². The van der Waals surface area contributed by atoms with Crippen molar-refractivity contribution in [3.05, 3.63) is 23.8 Å². The number of carbonyl (C=O) groups excluding carboxylic acids is 1. The second kappa shape index (κ2) is 8.24. The number of hydrogen-bond donors (Lipinski definition) is 3. The third kappa shape index (κ3) is 5.58. The van der Waals surface area contributed by atoms with E-state index in [9.17, 15) is 13.2 Å². The molecule has 1 heterocycles. The average Bonchev–Trinajstić information content (AvgIpc) is 2.92. The second-order valence-electron chi connectivity index (χ2n) is 6.93. The zero-order valence-electron chi connectivity index (χ0n) is 15.9. The van der Waals surface area contributed by atoms with Crippen LogP contribution in [0.15, 0.2) is 18.2 Å². The lowest BCUT2D eigenvalue weighted by atomic mass is 10.2. The highest BCUT2D eigenvalue weighted by atomic mass is 32.2. The Morgan fingerprint density at radius 3 is 2.58 bits per heavy atom. The molecule has 146 valence electrons. The number of ether oxygens (including phenoxy) is 1. The summed E-state index contributed by atoms with van der Waals surface area (Å²) in [4.78, 5) is 14.7. The third-order valence-electron chi connectivity index (χ3n) is 4.43. The van der Waals surface area contributed by atoms with Crippen LogP contribution in [0, 0.1) is 6.92 Å². The van der Waals surface area contributed by atoms with Crippen LogP contribution in [-0.2, 0) is 14.8 Å². The molecule has 1 aliphatic heterocycles. The number of methoxy groups -OCH3 is 1. The Morgan fingerprint density at radius 2 is 2.00 bits per heavy atom. The van der Waals surface area contributed by atoms with E-state index >= 15 is 0 Å². The first-order valence-corrected chi connectivity index (χ1v) is 10.4. The van der Waals surface area contributed by atoms with Gasteiger partial charge in [-0.25, -0.2) is 13.2 Å². The zero-order chi connectivity index (χ0) is 19.5. The lowest BCUT2D eigenvalue weighted by Gasteiger charge is -2.20. The van der Waals surface area contributed by atoms with Gasteiger partial charge < -0.3 is 15.4 Å². The molecule has 2 rings (SSSR count). The van der Waals surface area contributed by atoms with Crippen LogP contribution in [0.2, 0.25) is 0 Å². The fraction of sp³-hybridized carbons (Fsp3) is 0.588. The van der Waals surface area contributed by atoms with Gasteiger partial charge in [0.1, 0.15) is 0 Å². The smallest absolute Gasteiger partial charge is 0.319 e. The molecule has 1 fully saturated rings. The van der Waals surface area contributed by atoms with E-state index in [2.05, 4.69) is 34.1 Å². The summed E-state index contributed by atoms with van der Waals surface area (Å²) in [6, 6.07) is 4.92. The maximum Gasteiger partial charge on any atom is 0.319 e. The Labute approximate surface area is 155 Å². The van der Waals surface area contributed by atoms with Gasteiger partial charge in [0, 0.05) is 31.9 Å². The molecule has 2 atom stereocenters. The molecule has 1 saturated heterocycles. The Hall–Kier alpha value is -1.84. The van der Waals surface area contributed by atoms with Crippen molar-refractivity contribution in [2.75, 3.05) is 36.5 Å². The molecule has 0 aliphatic carbocycles. The number of benzene rings is 1. The number of nitrogens with one attached hydrogen (secondary N) is 3. The molecule has 0 saturated carbocycles. The van der Waals surface area contributed by atoms with Crippen LogP contribution in [0.4, 0.5) is 16.2 Å². The van der Waals surface area contributed by atoms with Gasteiger partial charge in [-0.15, -0.1) is 0 Å². The SMILES string of the molecule is COC1CN(C(C)C)CC1NC(=O)Nc1cc(NS(C)(=O)=O)ccc1C. The first-order valence-electron chi connectivity index (χ1n) is 8.52. The van der Waals surface area contributed by atoms with Crippen molar-refractivity contribution in [1.29, 1.82) is 0 Å². The number of anilines is 2.